The standard InChI is InChI=1S/C53H20O22.CH4/c54-33(55)13-7-23-25(38(64)65)27-19-2-1-15(34(56)57)20-5-12-6-21-16(35(58)59)3-4-40-29-18(37(62)63)10-22-17(36(60)61)8-14-9-24-28(39(66)67)41(11-13)49(23,71-41)53-45(24,75-53)31-32-46(52(29,74-46)50(22)42(14,31)72-50)30(44(21,40)70-40)26(12)51(43(19,20)73-51)48(32,69)47(27,53)68;/h1-11,68-69H,(H,54,55)(H,56,57)(H,58,59)(H,60,61)(H,62,63)(H,64,65)(H,66,67);1H4. The van der Waals surface area contributed by atoms with Gasteiger partial charge in [0.2, 0.25) is 0 Å². The van der Waals surface area contributed by atoms with Crippen molar-refractivity contribution < 1.29 is 108 Å². The van der Waals surface area contributed by atoms with Crippen LogP contribution in [0.2, 0.25) is 0 Å². The van der Waals surface area contributed by atoms with Crippen LogP contribution in [0.3, 0.4) is 0 Å². The van der Waals surface area contributed by atoms with Crippen molar-refractivity contribution in [2.45, 2.75) is 85.8 Å². The molecular weight excluding hydrogens is 1000 g/mol. The van der Waals surface area contributed by atoms with E-state index in [0.717, 1.165) is 30.4 Å². The number of hydrogen-bond donors (Lipinski definition) is 9. The maximum Gasteiger partial charge on any atom is 0.336 e. The molecule has 8 fully saturated rings. The van der Waals surface area contributed by atoms with Gasteiger partial charge in [0.05, 0.1) is 39.0 Å². The van der Waals surface area contributed by atoms with E-state index in [1.165, 1.54) is 36.5 Å². The van der Waals surface area contributed by atoms with Crippen LogP contribution in [0.15, 0.2) is 184 Å². The summed E-state index contributed by atoms with van der Waals surface area (Å²) in [6, 6.07) is 0. The number of ether oxygens (including phenoxy) is 6. The lowest BCUT2D eigenvalue weighted by molar-refractivity contribution is -0.198. The highest BCUT2D eigenvalue weighted by atomic mass is 16.8. The summed E-state index contributed by atoms with van der Waals surface area (Å²) in [5.74, 6) is -11.4. The minimum absolute atomic E-state index is 0. The number of allylic oxidation sites excluding steroid dienone is 3. The third kappa shape index (κ3) is 2.47. The lowest BCUT2D eigenvalue weighted by Crippen LogP contribution is -2.88. The number of carbonyl (C=O) groups is 7. The van der Waals surface area contributed by atoms with Crippen molar-refractivity contribution in [1.29, 1.82) is 0 Å². The van der Waals surface area contributed by atoms with Crippen LogP contribution in [0.5, 0.6) is 0 Å². The number of rotatable bonds is 7. The molecule has 0 aromatic heterocycles. The Balaban J connectivity index is 0.00000430. The fourth-order valence-corrected chi connectivity index (χ4v) is 20.0. The first-order valence-electron chi connectivity index (χ1n) is 23.5. The minimum Gasteiger partial charge on any atom is -0.478 e. The Morgan fingerprint density at radius 2 is 1.17 bits per heavy atom. The van der Waals surface area contributed by atoms with Gasteiger partial charge >= 0.3 is 41.8 Å². The molecule has 21 aliphatic rings. The van der Waals surface area contributed by atoms with Crippen LogP contribution >= 0.6 is 0 Å². The molecule has 0 radical (unpaired) electrons. The first kappa shape index (κ1) is 40.2. The molecule has 14 unspecified atom stereocenters. The van der Waals surface area contributed by atoms with E-state index in [4.69, 9.17) is 28.4 Å². The largest absolute Gasteiger partial charge is 0.478 e. The van der Waals surface area contributed by atoms with E-state index in [9.17, 15) is 69.3 Å². The zero-order chi connectivity index (χ0) is 51.2. The Labute approximate surface area is 418 Å². The Morgan fingerprint density at radius 3 is 1.86 bits per heavy atom. The van der Waals surface area contributed by atoms with Crippen molar-refractivity contribution in [2.24, 2.45) is 0 Å². The van der Waals surface area contributed by atoms with E-state index < -0.39 is 170 Å². The first-order valence-corrected chi connectivity index (χ1v) is 23.5. The van der Waals surface area contributed by atoms with E-state index in [1.807, 2.05) is 0 Å². The van der Waals surface area contributed by atoms with Gasteiger partial charge in [-0.1, -0.05) is 13.5 Å². The van der Waals surface area contributed by atoms with E-state index in [0.29, 0.717) is 0 Å². The first-order chi connectivity index (χ1) is 35.5. The predicted molar refractivity (Wildman–Crippen MR) is 233 cm³/mol. The van der Waals surface area contributed by atoms with Gasteiger partial charge < -0.3 is 74.4 Å². The zero-order valence-electron chi connectivity index (χ0n) is 36.7. The van der Waals surface area contributed by atoms with Gasteiger partial charge in [0.1, 0.15) is 0 Å². The number of fused-ring (bicyclic) bond motifs is 1. The summed E-state index contributed by atoms with van der Waals surface area (Å²) in [5, 5.41) is 110. The van der Waals surface area contributed by atoms with E-state index in [-0.39, 0.29) is 74.3 Å². The molecule has 6 aliphatic heterocycles. The molecule has 6 saturated heterocycles. The molecule has 22 nitrogen and oxygen atoms in total. The Morgan fingerprint density at radius 1 is 0.447 bits per heavy atom. The van der Waals surface area contributed by atoms with Crippen LogP contribution in [-0.4, -0.2) is 166 Å². The average molecular weight is 1020 g/mol. The average Bonchev–Trinajstić information content (AvgIpc) is 1.38. The number of aliphatic carboxylic acids is 7. The van der Waals surface area contributed by atoms with Crippen molar-refractivity contribution >= 4 is 41.8 Å². The van der Waals surface area contributed by atoms with Gasteiger partial charge in [-0.05, 0) is 77.5 Å². The zero-order valence-corrected chi connectivity index (χ0v) is 36.7. The van der Waals surface area contributed by atoms with Crippen LogP contribution in [0.1, 0.15) is 7.43 Å². The molecule has 0 aromatic rings. The molecule has 9 N–H and O–H groups in total. The normalized spacial score (nSPS) is 51.6. The summed E-state index contributed by atoms with van der Waals surface area (Å²) >= 11 is 0. The maximum absolute atomic E-state index is 15.6. The summed E-state index contributed by atoms with van der Waals surface area (Å²) in [6.07, 6.45) is 13.3. The highest BCUT2D eigenvalue weighted by molar-refractivity contribution is 6.14. The lowest BCUT2D eigenvalue weighted by atomic mass is 9.29. The summed E-state index contributed by atoms with van der Waals surface area (Å²) in [5.41, 5.74) is -42.2. The monoisotopic (exact) mass is 1020 g/mol. The molecule has 22 heteroatoms. The van der Waals surface area contributed by atoms with Crippen LogP contribution < -0.4 is 0 Å². The quantitative estimate of drug-likeness (QED) is 0.116. The Bertz CT molecular complexity index is 4390. The minimum atomic E-state index is -3.32. The van der Waals surface area contributed by atoms with E-state index >= 15 is 10.2 Å². The second-order valence-electron chi connectivity index (χ2n) is 22.6. The topological polar surface area (TPSA) is 377 Å². The number of carboxylic acid groups (broad SMARTS) is 7. The Kier molecular flexibility index (Phi) is 4.89. The number of hydrogen-bond acceptors (Lipinski definition) is 15. The molecule has 21 rings (SSSR count). The second-order valence-corrected chi connectivity index (χ2v) is 22.6. The van der Waals surface area contributed by atoms with Gasteiger partial charge in [0, 0.05) is 61.3 Å². The van der Waals surface area contributed by atoms with E-state index in [2.05, 4.69) is 0 Å². The smallest absolute Gasteiger partial charge is 0.336 e. The third-order valence-corrected chi connectivity index (χ3v) is 21.4. The highest BCUT2D eigenvalue weighted by Gasteiger charge is 3.19. The van der Waals surface area contributed by atoms with Crippen molar-refractivity contribution in [1.82, 2.24) is 0 Å². The summed E-state index contributed by atoms with van der Waals surface area (Å²) in [4.78, 5) is 97.3. The fraction of sp³-hybridized carbons (Fsp3) is 0.278. The molecule has 0 amide bonds. The molecular formula is C54H24O22. The predicted octanol–water partition coefficient (Wildman–Crippen LogP) is -0.399. The molecule has 2 saturated carbocycles. The SMILES string of the molecule is C.O=C(O)C1=CC23OC24C(=C1)C(C(=O)O)=C1C2=CC=C(C(=O)O)C5=CC6=CC7=C(C(=O)O)C=CC89OC78C7=C6C6(OC526)C2(O)C5=C6C8%10OC8%11C(=CC(C(=O)O)=C9C%118OC758)C(C(=O)O)=CC%10=CC(=C3C(=O)O)C63OC34C12O. The van der Waals surface area contributed by atoms with Gasteiger partial charge in [0.15, 0.2) is 78.4 Å². The number of aliphatic hydroxyl groups is 2. The van der Waals surface area contributed by atoms with Crippen LogP contribution in [0.4, 0.5) is 0 Å². The molecule has 76 heavy (non-hydrogen) atoms. The van der Waals surface area contributed by atoms with Crippen molar-refractivity contribution in [3.8, 4) is 0 Å². The second kappa shape index (κ2) is 9.26. The molecule has 6 heterocycles. The van der Waals surface area contributed by atoms with Crippen LogP contribution in [0.25, 0.3) is 0 Å². The molecule has 372 valence electrons. The maximum atomic E-state index is 15.6. The van der Waals surface area contributed by atoms with Crippen molar-refractivity contribution in [3.63, 3.8) is 0 Å². The lowest BCUT2D eigenvalue weighted by Gasteiger charge is -2.69. The van der Waals surface area contributed by atoms with Gasteiger partial charge in [0.25, 0.3) is 0 Å². The molecule has 0 bridgehead atoms. The van der Waals surface area contributed by atoms with Gasteiger partial charge in [-0.25, -0.2) is 33.6 Å². The summed E-state index contributed by atoms with van der Waals surface area (Å²) < 4.78 is 43.4. The summed E-state index contributed by atoms with van der Waals surface area (Å²) in [6.45, 7) is 0. The fourth-order valence-electron chi connectivity index (χ4n) is 20.0. The van der Waals surface area contributed by atoms with Gasteiger partial charge in [-0.3, -0.25) is 0 Å². The number of carboxylic acids is 7. The highest BCUT2D eigenvalue weighted by Crippen LogP contribution is 3.03. The van der Waals surface area contributed by atoms with Crippen LogP contribution in [0, 0.1) is 0 Å². The molecule has 10 spiro atoms. The summed E-state index contributed by atoms with van der Waals surface area (Å²) in [7, 11) is 0. The molecule has 0 aromatic carbocycles. The van der Waals surface area contributed by atoms with Crippen LogP contribution in [-0.2, 0) is 62.0 Å². The van der Waals surface area contributed by atoms with Crippen molar-refractivity contribution in [2.75, 3.05) is 0 Å². The Hall–Kier alpha value is -8.19. The van der Waals surface area contributed by atoms with Gasteiger partial charge in [-0.15, -0.1) is 0 Å². The molecule has 14 atom stereocenters. The van der Waals surface area contributed by atoms with Crippen molar-refractivity contribution in [3.05, 3.63) is 184 Å². The van der Waals surface area contributed by atoms with Gasteiger partial charge in [-0.2, -0.15) is 0 Å². The molecule has 15 aliphatic carbocycles. The third-order valence-electron chi connectivity index (χ3n) is 21.4. The number of epoxide rings is 6. The van der Waals surface area contributed by atoms with E-state index in [1.54, 1.807) is 0 Å².